The summed E-state index contributed by atoms with van der Waals surface area (Å²) in [6.45, 7) is 9.49. The molecule has 3 aromatic heterocycles. The van der Waals surface area contributed by atoms with Crippen LogP contribution >= 0.6 is 0 Å². The number of pyridine rings is 1. The molecule has 1 amide bonds. The summed E-state index contributed by atoms with van der Waals surface area (Å²) in [5.41, 5.74) is 3.49. The zero-order valence-corrected chi connectivity index (χ0v) is 19.1. The highest BCUT2D eigenvalue weighted by Gasteiger charge is 2.24. The predicted octanol–water partition coefficient (Wildman–Crippen LogP) is 3.33. The molecular weight excluding hydrogens is 418 g/mol. The predicted molar refractivity (Wildman–Crippen MR) is 124 cm³/mol. The van der Waals surface area contributed by atoms with Crippen LogP contribution in [0.2, 0.25) is 0 Å². The first-order valence-electron chi connectivity index (χ1n) is 11.2. The fraction of sp³-hybridized carbons (Fsp3) is 0.375. The van der Waals surface area contributed by atoms with Gasteiger partial charge in [0.1, 0.15) is 0 Å². The number of nitrogens with zero attached hydrogens (tertiary/aromatic N) is 7. The van der Waals surface area contributed by atoms with E-state index in [9.17, 15) is 4.79 Å². The Balaban J connectivity index is 1.20. The van der Waals surface area contributed by atoms with Gasteiger partial charge in [0, 0.05) is 49.4 Å². The van der Waals surface area contributed by atoms with E-state index in [1.165, 1.54) is 0 Å². The van der Waals surface area contributed by atoms with Gasteiger partial charge >= 0.3 is 0 Å². The van der Waals surface area contributed by atoms with Crippen LogP contribution in [0.4, 0.5) is 0 Å². The number of aromatic nitrogens is 5. The molecule has 33 heavy (non-hydrogen) atoms. The summed E-state index contributed by atoms with van der Waals surface area (Å²) in [6, 6.07) is 10.1. The number of hydrogen-bond acceptors (Lipinski definition) is 7. The Morgan fingerprint density at radius 1 is 1.12 bits per heavy atom. The molecule has 0 aliphatic carbocycles. The van der Waals surface area contributed by atoms with Crippen LogP contribution < -0.4 is 0 Å². The van der Waals surface area contributed by atoms with Crippen LogP contribution in [0.3, 0.4) is 0 Å². The summed E-state index contributed by atoms with van der Waals surface area (Å²) in [4.78, 5) is 26.2. The summed E-state index contributed by atoms with van der Waals surface area (Å²) < 4.78 is 7.35. The Labute approximate surface area is 192 Å². The van der Waals surface area contributed by atoms with Crippen molar-refractivity contribution in [2.24, 2.45) is 0 Å². The van der Waals surface area contributed by atoms with E-state index in [-0.39, 0.29) is 11.9 Å². The lowest BCUT2D eigenvalue weighted by atomic mass is 10.1. The molecule has 0 N–H and O–H groups in total. The zero-order valence-electron chi connectivity index (χ0n) is 19.1. The average Bonchev–Trinajstić information content (AvgIpc) is 3.46. The number of amides is 1. The van der Waals surface area contributed by atoms with E-state index in [4.69, 9.17) is 4.52 Å². The molecule has 1 aliphatic heterocycles. The van der Waals surface area contributed by atoms with Gasteiger partial charge in [-0.3, -0.25) is 9.69 Å². The lowest BCUT2D eigenvalue weighted by molar-refractivity contribution is 0.0615. The maximum absolute atomic E-state index is 13.0. The minimum Gasteiger partial charge on any atom is -0.338 e. The molecule has 0 atom stereocenters. The van der Waals surface area contributed by atoms with E-state index < -0.39 is 0 Å². The number of benzene rings is 1. The third-order valence-corrected chi connectivity index (χ3v) is 6.04. The number of hydrogen-bond donors (Lipinski definition) is 0. The number of piperazine rings is 1. The molecule has 0 unspecified atom stereocenters. The largest absolute Gasteiger partial charge is 0.338 e. The molecule has 1 aromatic carbocycles. The molecule has 0 bridgehead atoms. The first kappa shape index (κ1) is 21.3. The van der Waals surface area contributed by atoms with Crippen LogP contribution in [0.15, 0.2) is 47.2 Å². The second-order valence-electron chi connectivity index (χ2n) is 8.71. The maximum Gasteiger partial charge on any atom is 0.255 e. The Hall–Kier alpha value is -3.59. The molecule has 9 nitrogen and oxygen atoms in total. The first-order chi connectivity index (χ1) is 16.0. The van der Waals surface area contributed by atoms with E-state index in [2.05, 4.69) is 39.0 Å². The molecule has 1 saturated heterocycles. The summed E-state index contributed by atoms with van der Waals surface area (Å²) in [5, 5.41) is 9.41. The summed E-state index contributed by atoms with van der Waals surface area (Å²) in [7, 11) is 0. The van der Waals surface area contributed by atoms with E-state index in [1.807, 2.05) is 46.8 Å². The molecule has 5 rings (SSSR count). The molecule has 170 valence electrons. The van der Waals surface area contributed by atoms with Crippen LogP contribution in [0.1, 0.15) is 41.7 Å². The van der Waals surface area contributed by atoms with Crippen molar-refractivity contribution in [3.63, 3.8) is 0 Å². The van der Waals surface area contributed by atoms with Gasteiger partial charge < -0.3 is 9.42 Å². The van der Waals surface area contributed by atoms with Gasteiger partial charge in [-0.05, 0) is 32.4 Å². The number of carbonyl (C=O) groups excluding carboxylic acids is 1. The molecule has 0 radical (unpaired) electrons. The SMILES string of the molecule is Cc1ccccc1-c1noc(CN2CCN(C(=O)c3cnc4c(cnn4C(C)C)c3)CC2)n1. The van der Waals surface area contributed by atoms with Gasteiger partial charge in [-0.15, -0.1) is 0 Å². The van der Waals surface area contributed by atoms with Crippen LogP contribution in [0.25, 0.3) is 22.4 Å². The van der Waals surface area contributed by atoms with Gasteiger partial charge in [-0.25, -0.2) is 9.67 Å². The molecule has 1 fully saturated rings. The van der Waals surface area contributed by atoms with Crippen molar-refractivity contribution in [3.8, 4) is 11.4 Å². The Kier molecular flexibility index (Phi) is 5.63. The van der Waals surface area contributed by atoms with E-state index in [1.54, 1.807) is 12.4 Å². The highest BCUT2D eigenvalue weighted by molar-refractivity contribution is 5.96. The number of rotatable bonds is 5. The van der Waals surface area contributed by atoms with Gasteiger partial charge in [0.05, 0.1) is 18.3 Å². The Morgan fingerprint density at radius 3 is 2.67 bits per heavy atom. The summed E-state index contributed by atoms with van der Waals surface area (Å²) in [5.74, 6) is 1.20. The van der Waals surface area contributed by atoms with Gasteiger partial charge in [0.25, 0.3) is 5.91 Å². The Morgan fingerprint density at radius 2 is 1.91 bits per heavy atom. The van der Waals surface area contributed by atoms with Crippen molar-refractivity contribution in [3.05, 3.63) is 59.7 Å². The third kappa shape index (κ3) is 4.23. The highest BCUT2D eigenvalue weighted by atomic mass is 16.5. The number of carbonyl (C=O) groups is 1. The van der Waals surface area contributed by atoms with Crippen molar-refractivity contribution in [2.45, 2.75) is 33.4 Å². The van der Waals surface area contributed by atoms with Crippen molar-refractivity contribution >= 4 is 16.9 Å². The second kappa shape index (κ2) is 8.74. The smallest absolute Gasteiger partial charge is 0.255 e. The lowest BCUT2D eigenvalue weighted by Gasteiger charge is -2.33. The third-order valence-electron chi connectivity index (χ3n) is 6.04. The van der Waals surface area contributed by atoms with E-state index in [0.717, 1.165) is 35.2 Å². The van der Waals surface area contributed by atoms with Gasteiger partial charge in [0.15, 0.2) is 5.65 Å². The molecule has 4 heterocycles. The quantitative estimate of drug-likeness (QED) is 0.465. The fourth-order valence-corrected chi connectivity index (χ4v) is 4.17. The van der Waals surface area contributed by atoms with E-state index in [0.29, 0.717) is 36.9 Å². The van der Waals surface area contributed by atoms with Crippen LogP contribution in [-0.4, -0.2) is 66.8 Å². The van der Waals surface area contributed by atoms with Crippen molar-refractivity contribution in [1.29, 1.82) is 0 Å². The van der Waals surface area contributed by atoms with Crippen LogP contribution in [0, 0.1) is 6.92 Å². The molecule has 1 aliphatic rings. The van der Waals surface area contributed by atoms with Crippen molar-refractivity contribution in [1.82, 2.24) is 34.7 Å². The second-order valence-corrected chi connectivity index (χ2v) is 8.71. The molecule has 0 spiro atoms. The fourth-order valence-electron chi connectivity index (χ4n) is 4.17. The Bertz CT molecular complexity index is 1280. The minimum atomic E-state index is 0.000904. The van der Waals surface area contributed by atoms with E-state index >= 15 is 0 Å². The molecular formula is C24H27N7O2. The summed E-state index contributed by atoms with van der Waals surface area (Å²) in [6.07, 6.45) is 3.43. The van der Waals surface area contributed by atoms with Crippen molar-refractivity contribution in [2.75, 3.05) is 26.2 Å². The van der Waals surface area contributed by atoms with Crippen LogP contribution in [0.5, 0.6) is 0 Å². The standard InChI is InChI=1S/C24H27N7O2/c1-16(2)31-23-18(14-26-31)12-19(13-25-23)24(32)30-10-8-29(9-11-30)15-21-27-22(28-33-21)20-7-5-4-6-17(20)3/h4-7,12-14,16H,8-11,15H2,1-3H3. The summed E-state index contributed by atoms with van der Waals surface area (Å²) >= 11 is 0. The van der Waals surface area contributed by atoms with Gasteiger partial charge in [-0.1, -0.05) is 29.4 Å². The highest BCUT2D eigenvalue weighted by Crippen LogP contribution is 2.21. The van der Waals surface area contributed by atoms with Crippen molar-refractivity contribution < 1.29 is 9.32 Å². The number of fused-ring (bicyclic) bond motifs is 1. The van der Waals surface area contributed by atoms with Gasteiger partial charge in [0.2, 0.25) is 11.7 Å². The molecule has 9 heteroatoms. The molecule has 0 saturated carbocycles. The lowest BCUT2D eigenvalue weighted by Crippen LogP contribution is -2.48. The minimum absolute atomic E-state index is 0.000904. The number of aryl methyl sites for hydroxylation is 1. The average molecular weight is 446 g/mol. The van der Waals surface area contributed by atoms with Crippen LogP contribution in [-0.2, 0) is 6.54 Å². The maximum atomic E-state index is 13.0. The normalized spacial score (nSPS) is 15.0. The first-order valence-corrected chi connectivity index (χ1v) is 11.2. The zero-order chi connectivity index (χ0) is 22.9. The van der Waals surface area contributed by atoms with Gasteiger partial charge in [-0.2, -0.15) is 10.1 Å². The molecule has 4 aromatic rings. The topological polar surface area (TPSA) is 93.2 Å². The monoisotopic (exact) mass is 445 g/mol.